The zero-order valence-corrected chi connectivity index (χ0v) is 14.0. The maximum absolute atomic E-state index is 12.2. The predicted molar refractivity (Wildman–Crippen MR) is 85.0 cm³/mol. The van der Waals surface area contributed by atoms with Gasteiger partial charge in [-0.1, -0.05) is 25.9 Å². The summed E-state index contributed by atoms with van der Waals surface area (Å²) in [4.78, 5) is 12.2. The Balaban J connectivity index is 1.97. The van der Waals surface area contributed by atoms with E-state index in [4.69, 9.17) is 4.52 Å². The number of carbonyl (C=O) groups is 1. The fraction of sp³-hybridized carbons (Fsp3) is 0.562. The minimum absolute atomic E-state index is 0.00755. The largest absolute Gasteiger partial charge is 0.394 e. The van der Waals surface area contributed by atoms with Crippen LogP contribution < -0.4 is 5.32 Å². The van der Waals surface area contributed by atoms with Crippen LogP contribution in [0.25, 0.3) is 0 Å². The summed E-state index contributed by atoms with van der Waals surface area (Å²) in [6.45, 7) is 8.43. The molecule has 2 aromatic rings. The van der Waals surface area contributed by atoms with Crippen molar-refractivity contribution in [3.05, 3.63) is 35.5 Å². The maximum atomic E-state index is 12.2. The predicted octanol–water partition coefficient (Wildman–Crippen LogP) is 1.75. The number of hydrogen-bond donors (Lipinski definition) is 2. The first-order chi connectivity index (χ1) is 10.8. The lowest BCUT2D eigenvalue weighted by molar-refractivity contribution is 0.0888. The van der Waals surface area contributed by atoms with Gasteiger partial charge in [-0.3, -0.25) is 9.48 Å². The van der Waals surface area contributed by atoms with Crippen molar-refractivity contribution in [3.63, 3.8) is 0 Å². The zero-order chi connectivity index (χ0) is 17.0. The summed E-state index contributed by atoms with van der Waals surface area (Å²) in [5.41, 5.74) is 1.26. The Morgan fingerprint density at radius 3 is 2.78 bits per heavy atom. The van der Waals surface area contributed by atoms with E-state index in [-0.39, 0.29) is 29.7 Å². The number of amides is 1. The molecule has 0 spiro atoms. The molecule has 0 saturated heterocycles. The van der Waals surface area contributed by atoms with Crippen LogP contribution in [-0.2, 0) is 6.54 Å². The highest BCUT2D eigenvalue weighted by Gasteiger charge is 2.22. The van der Waals surface area contributed by atoms with Crippen molar-refractivity contribution >= 4 is 5.91 Å². The lowest BCUT2D eigenvalue weighted by Crippen LogP contribution is -2.40. The molecule has 126 valence electrons. The number of hydrogen-bond acceptors (Lipinski definition) is 5. The number of nitrogens with one attached hydrogen (secondary N) is 1. The van der Waals surface area contributed by atoms with Crippen molar-refractivity contribution in [2.24, 2.45) is 5.41 Å². The third-order valence-corrected chi connectivity index (χ3v) is 3.29. The second kappa shape index (κ2) is 6.95. The molecule has 1 atom stereocenters. The van der Waals surface area contributed by atoms with Crippen LogP contribution >= 0.6 is 0 Å². The number of nitrogens with zero attached hydrogens (tertiary/aromatic N) is 3. The number of aliphatic hydroxyl groups is 1. The molecular weight excluding hydrogens is 296 g/mol. The van der Waals surface area contributed by atoms with Crippen molar-refractivity contribution < 1.29 is 14.4 Å². The second-order valence-corrected chi connectivity index (χ2v) is 7.01. The number of aliphatic hydroxyl groups excluding tert-OH is 1. The lowest BCUT2D eigenvalue weighted by Gasteiger charge is -2.25. The van der Waals surface area contributed by atoms with E-state index in [1.165, 1.54) is 0 Å². The molecule has 7 nitrogen and oxygen atoms in total. The highest BCUT2D eigenvalue weighted by atomic mass is 16.5. The molecule has 0 aliphatic rings. The van der Waals surface area contributed by atoms with Crippen molar-refractivity contribution in [3.8, 4) is 0 Å². The number of carbonyl (C=O) groups excluding carboxylic acids is 1. The second-order valence-electron chi connectivity index (χ2n) is 7.01. The van der Waals surface area contributed by atoms with Crippen LogP contribution in [0.3, 0.4) is 0 Å². The van der Waals surface area contributed by atoms with Gasteiger partial charge in [-0.2, -0.15) is 5.10 Å². The number of aromatic nitrogens is 3. The summed E-state index contributed by atoms with van der Waals surface area (Å²) in [6.07, 6.45) is 4.31. The molecule has 23 heavy (non-hydrogen) atoms. The van der Waals surface area contributed by atoms with E-state index in [9.17, 15) is 9.90 Å². The quantitative estimate of drug-likeness (QED) is 0.846. The highest BCUT2D eigenvalue weighted by molar-refractivity contribution is 5.92. The third-order valence-electron chi connectivity index (χ3n) is 3.29. The number of rotatable bonds is 6. The standard InChI is InChI=1S/C16H24N4O3/c1-11-7-17-20(8-11)9-13-5-14(19-23-13)15(22)18-12(10-21)6-16(2,3)4/h5,7-8,12,21H,6,9-10H2,1-4H3,(H,18,22). The van der Waals surface area contributed by atoms with E-state index in [0.29, 0.717) is 18.7 Å². The van der Waals surface area contributed by atoms with Crippen LogP contribution in [0.15, 0.2) is 23.0 Å². The van der Waals surface area contributed by atoms with Gasteiger partial charge in [0.1, 0.15) is 6.54 Å². The van der Waals surface area contributed by atoms with Gasteiger partial charge < -0.3 is 14.9 Å². The molecule has 0 radical (unpaired) electrons. The molecule has 0 aromatic carbocycles. The molecule has 0 aliphatic heterocycles. The van der Waals surface area contributed by atoms with Crippen LogP contribution in [0.2, 0.25) is 0 Å². The van der Waals surface area contributed by atoms with Crippen LogP contribution in [0, 0.1) is 12.3 Å². The average Bonchev–Trinajstić information content (AvgIpc) is 3.06. The van der Waals surface area contributed by atoms with Gasteiger partial charge in [0.15, 0.2) is 11.5 Å². The van der Waals surface area contributed by atoms with E-state index in [1.807, 2.05) is 13.1 Å². The lowest BCUT2D eigenvalue weighted by atomic mass is 9.88. The zero-order valence-electron chi connectivity index (χ0n) is 14.0. The minimum Gasteiger partial charge on any atom is -0.394 e. The first-order valence-electron chi connectivity index (χ1n) is 7.63. The first-order valence-corrected chi connectivity index (χ1v) is 7.63. The van der Waals surface area contributed by atoms with Gasteiger partial charge >= 0.3 is 0 Å². The molecule has 2 heterocycles. The maximum Gasteiger partial charge on any atom is 0.273 e. The molecule has 1 amide bonds. The highest BCUT2D eigenvalue weighted by Crippen LogP contribution is 2.20. The fourth-order valence-corrected chi connectivity index (χ4v) is 2.37. The summed E-state index contributed by atoms with van der Waals surface area (Å²) in [5.74, 6) is 0.203. The normalized spacial score (nSPS) is 13.1. The van der Waals surface area contributed by atoms with Gasteiger partial charge in [0.25, 0.3) is 5.91 Å². The SMILES string of the molecule is Cc1cnn(Cc2cc(C(=O)NC(CO)CC(C)(C)C)no2)c1. The van der Waals surface area contributed by atoms with Gasteiger partial charge in [-0.25, -0.2) is 0 Å². The summed E-state index contributed by atoms with van der Waals surface area (Å²) in [5, 5.41) is 20.2. The molecule has 0 bridgehead atoms. The summed E-state index contributed by atoms with van der Waals surface area (Å²) in [7, 11) is 0. The first kappa shape index (κ1) is 17.2. The molecule has 2 rings (SSSR count). The fourth-order valence-electron chi connectivity index (χ4n) is 2.37. The van der Waals surface area contributed by atoms with E-state index in [1.54, 1.807) is 16.9 Å². The molecule has 1 unspecified atom stereocenters. The van der Waals surface area contributed by atoms with E-state index in [0.717, 1.165) is 5.56 Å². The van der Waals surface area contributed by atoms with E-state index >= 15 is 0 Å². The van der Waals surface area contributed by atoms with Crippen molar-refractivity contribution in [1.82, 2.24) is 20.3 Å². The Kier molecular flexibility index (Phi) is 5.20. The van der Waals surface area contributed by atoms with Crippen molar-refractivity contribution in [2.45, 2.75) is 46.7 Å². The molecule has 0 aliphatic carbocycles. The summed E-state index contributed by atoms with van der Waals surface area (Å²) >= 11 is 0. The Morgan fingerprint density at radius 2 is 2.22 bits per heavy atom. The molecule has 0 fully saturated rings. The topological polar surface area (TPSA) is 93.2 Å². The van der Waals surface area contributed by atoms with Crippen molar-refractivity contribution in [2.75, 3.05) is 6.61 Å². The van der Waals surface area contributed by atoms with Gasteiger partial charge in [0.05, 0.1) is 18.8 Å². The van der Waals surface area contributed by atoms with Gasteiger partial charge in [0.2, 0.25) is 0 Å². The Morgan fingerprint density at radius 1 is 1.48 bits per heavy atom. The van der Waals surface area contributed by atoms with Crippen LogP contribution in [0.4, 0.5) is 0 Å². The van der Waals surface area contributed by atoms with Gasteiger partial charge in [-0.05, 0) is 24.3 Å². The van der Waals surface area contributed by atoms with Crippen LogP contribution in [0.5, 0.6) is 0 Å². The minimum atomic E-state index is -0.347. The Labute approximate surface area is 135 Å². The van der Waals surface area contributed by atoms with E-state index < -0.39 is 0 Å². The Bertz CT molecular complexity index is 654. The molecule has 0 saturated carbocycles. The third kappa shape index (κ3) is 5.21. The van der Waals surface area contributed by atoms with Gasteiger partial charge in [-0.15, -0.1) is 0 Å². The molecule has 2 N–H and O–H groups in total. The molecule has 2 aromatic heterocycles. The summed E-state index contributed by atoms with van der Waals surface area (Å²) < 4.78 is 6.90. The number of aryl methyl sites for hydroxylation is 1. The smallest absolute Gasteiger partial charge is 0.273 e. The monoisotopic (exact) mass is 320 g/mol. The Hall–Kier alpha value is -2.15. The summed E-state index contributed by atoms with van der Waals surface area (Å²) in [6, 6.07) is 1.29. The molecule has 7 heteroatoms. The van der Waals surface area contributed by atoms with Crippen LogP contribution in [-0.4, -0.2) is 38.6 Å². The van der Waals surface area contributed by atoms with Crippen molar-refractivity contribution in [1.29, 1.82) is 0 Å². The average molecular weight is 320 g/mol. The van der Waals surface area contributed by atoms with E-state index in [2.05, 4.69) is 36.3 Å². The van der Waals surface area contributed by atoms with Gasteiger partial charge in [0, 0.05) is 12.3 Å². The van der Waals surface area contributed by atoms with Crippen LogP contribution in [0.1, 0.15) is 49.0 Å². The molecular formula is C16H24N4O3.